The summed E-state index contributed by atoms with van der Waals surface area (Å²) in [6, 6.07) is 20.6. The number of carbonyl (C=O) groups excluding carboxylic acids is 1. The molecule has 0 heterocycles. The van der Waals surface area contributed by atoms with Crippen LogP contribution in [0.3, 0.4) is 0 Å². The van der Waals surface area contributed by atoms with Gasteiger partial charge in [-0.25, -0.2) is 0 Å². The molecule has 0 radical (unpaired) electrons. The third-order valence-corrected chi connectivity index (χ3v) is 7.50. The second kappa shape index (κ2) is 13.2. The molecule has 0 aromatic heterocycles. The first-order valence-electron chi connectivity index (χ1n) is 13.6. The van der Waals surface area contributed by atoms with Crippen molar-refractivity contribution in [2.45, 2.75) is 33.1 Å². The van der Waals surface area contributed by atoms with E-state index in [9.17, 15) is 15.0 Å². The minimum absolute atomic E-state index is 0.0213. The molecule has 216 valence electrons. The Morgan fingerprint density at radius 2 is 1.02 bits per heavy atom. The zero-order valence-corrected chi connectivity index (χ0v) is 25.1. The minimum atomic E-state index is -0.0529. The van der Waals surface area contributed by atoms with E-state index >= 15 is 0 Å². The van der Waals surface area contributed by atoms with Crippen molar-refractivity contribution in [2.75, 3.05) is 0 Å². The molecule has 0 aliphatic heterocycles. The van der Waals surface area contributed by atoms with E-state index in [1.807, 2.05) is 38.1 Å². The number of benzene rings is 4. The van der Waals surface area contributed by atoms with Gasteiger partial charge < -0.3 is 10.2 Å². The zero-order valence-electron chi connectivity index (χ0n) is 23.6. The second-order valence-electron chi connectivity index (χ2n) is 10.3. The van der Waals surface area contributed by atoms with E-state index in [1.165, 1.54) is 12.1 Å². The lowest BCUT2D eigenvalue weighted by Gasteiger charge is -2.17. The van der Waals surface area contributed by atoms with Crippen molar-refractivity contribution in [1.82, 2.24) is 0 Å². The third-order valence-electron chi connectivity index (χ3n) is 7.03. The maximum Gasteiger partial charge on any atom is 0.185 e. The van der Waals surface area contributed by atoms with Gasteiger partial charge in [0.05, 0.1) is 11.4 Å². The van der Waals surface area contributed by atoms with Crippen LogP contribution in [0.1, 0.15) is 41.5 Å². The third kappa shape index (κ3) is 7.44. The summed E-state index contributed by atoms with van der Waals surface area (Å²) in [4.78, 5) is 13.5. The van der Waals surface area contributed by atoms with Crippen LogP contribution in [-0.2, 0) is 4.79 Å². The first-order chi connectivity index (χ1) is 20.7. The van der Waals surface area contributed by atoms with Gasteiger partial charge in [0.1, 0.15) is 22.9 Å². The molecule has 1 saturated carbocycles. The Morgan fingerprint density at radius 1 is 0.605 bits per heavy atom. The number of aromatic hydroxyl groups is 2. The van der Waals surface area contributed by atoms with Crippen LogP contribution in [0.5, 0.6) is 11.5 Å². The number of hydrogen-bond donors (Lipinski definition) is 2. The maximum atomic E-state index is 13.5. The van der Waals surface area contributed by atoms with Gasteiger partial charge in [-0.3, -0.25) is 4.79 Å². The number of rotatable bonds is 6. The van der Waals surface area contributed by atoms with Crippen molar-refractivity contribution in [3.05, 3.63) is 116 Å². The van der Waals surface area contributed by atoms with Crippen molar-refractivity contribution in [3.63, 3.8) is 0 Å². The number of hydrogen-bond acceptors (Lipinski definition) is 7. The van der Waals surface area contributed by atoms with Crippen LogP contribution >= 0.6 is 23.2 Å². The van der Waals surface area contributed by atoms with Crippen LogP contribution in [0.2, 0.25) is 10.0 Å². The quantitative estimate of drug-likeness (QED) is 0.167. The van der Waals surface area contributed by atoms with Gasteiger partial charge in [-0.15, -0.1) is 10.2 Å². The molecule has 4 aromatic rings. The Balaban J connectivity index is 1.38. The Labute approximate surface area is 259 Å². The number of aryl methyl sites for hydroxylation is 2. The van der Waals surface area contributed by atoms with E-state index < -0.39 is 0 Å². The molecule has 0 unspecified atom stereocenters. The highest BCUT2D eigenvalue weighted by atomic mass is 35.5. The lowest BCUT2D eigenvalue weighted by molar-refractivity contribution is -0.112. The molecule has 7 nitrogen and oxygen atoms in total. The summed E-state index contributed by atoms with van der Waals surface area (Å²) >= 11 is 12.2. The normalized spacial score (nSPS) is 15.8. The summed E-state index contributed by atoms with van der Waals surface area (Å²) in [5.74, 6) is -0.0956. The molecule has 0 saturated heterocycles. The smallest absolute Gasteiger partial charge is 0.185 e. The number of allylic oxidation sites excluding steroid dienone is 2. The largest absolute Gasteiger partial charge is 0.506 e. The number of phenolic OH excluding ortho intramolecular Hbond substituents is 2. The molecule has 4 aromatic carbocycles. The Morgan fingerprint density at radius 3 is 1.47 bits per heavy atom. The summed E-state index contributed by atoms with van der Waals surface area (Å²) < 4.78 is 0. The fourth-order valence-electron chi connectivity index (χ4n) is 4.60. The van der Waals surface area contributed by atoms with Gasteiger partial charge in [0.25, 0.3) is 0 Å². The first kappa shape index (κ1) is 29.9. The van der Waals surface area contributed by atoms with E-state index in [2.05, 4.69) is 20.5 Å². The molecule has 0 bridgehead atoms. The van der Waals surface area contributed by atoms with Gasteiger partial charge in [-0.1, -0.05) is 47.5 Å². The molecule has 5 rings (SSSR count). The Bertz CT molecular complexity index is 1710. The minimum Gasteiger partial charge on any atom is -0.506 e. The number of azo groups is 2. The fraction of sp³-hybridized carbons (Fsp3) is 0.147. The van der Waals surface area contributed by atoms with E-state index in [0.29, 0.717) is 45.4 Å². The highest BCUT2D eigenvalue weighted by Gasteiger charge is 2.21. The van der Waals surface area contributed by atoms with Crippen molar-refractivity contribution < 1.29 is 15.0 Å². The molecule has 43 heavy (non-hydrogen) atoms. The van der Waals surface area contributed by atoms with Crippen molar-refractivity contribution >= 4 is 63.9 Å². The summed E-state index contributed by atoms with van der Waals surface area (Å²) in [6.45, 7) is 3.80. The van der Waals surface area contributed by atoms with Crippen molar-refractivity contribution in [1.29, 1.82) is 0 Å². The summed E-state index contributed by atoms with van der Waals surface area (Å²) in [5.41, 5.74) is 6.34. The summed E-state index contributed by atoms with van der Waals surface area (Å²) in [7, 11) is 0. The molecule has 0 amide bonds. The molecule has 0 spiro atoms. The molecule has 2 N–H and O–H groups in total. The number of nitrogens with zero attached hydrogens (tertiary/aromatic N) is 4. The number of carbonyl (C=O) groups is 1. The van der Waals surface area contributed by atoms with Gasteiger partial charge in [-0.05, 0) is 116 Å². The highest BCUT2D eigenvalue weighted by Crippen LogP contribution is 2.35. The van der Waals surface area contributed by atoms with E-state index in [0.717, 1.165) is 28.7 Å². The van der Waals surface area contributed by atoms with Crippen LogP contribution in [0.15, 0.2) is 104 Å². The van der Waals surface area contributed by atoms with E-state index in [4.69, 9.17) is 23.2 Å². The predicted octanol–water partition coefficient (Wildman–Crippen LogP) is 11.1. The highest BCUT2D eigenvalue weighted by molar-refractivity contribution is 6.31. The number of ketones is 1. The molecule has 9 heteroatoms. The zero-order chi connectivity index (χ0) is 30.5. The monoisotopic (exact) mass is 610 g/mol. The second-order valence-corrected chi connectivity index (χ2v) is 11.2. The van der Waals surface area contributed by atoms with Gasteiger partial charge in [0.15, 0.2) is 5.78 Å². The number of phenols is 2. The van der Waals surface area contributed by atoms with Gasteiger partial charge >= 0.3 is 0 Å². The fourth-order valence-corrected chi connectivity index (χ4v) is 4.93. The van der Waals surface area contributed by atoms with Gasteiger partial charge in [0, 0.05) is 21.2 Å². The van der Waals surface area contributed by atoms with Crippen LogP contribution in [0, 0.1) is 13.8 Å². The number of Topliss-reactive ketones (excluding diaryl/α,β-unsaturated/α-hetero) is 1. The lowest BCUT2D eigenvalue weighted by Crippen LogP contribution is -2.12. The van der Waals surface area contributed by atoms with Gasteiger partial charge in [-0.2, -0.15) is 10.2 Å². The maximum absolute atomic E-state index is 13.5. The van der Waals surface area contributed by atoms with Crippen LogP contribution in [0.4, 0.5) is 22.7 Å². The van der Waals surface area contributed by atoms with Crippen molar-refractivity contribution in [3.8, 4) is 11.5 Å². The molecule has 1 aliphatic carbocycles. The van der Waals surface area contributed by atoms with Crippen molar-refractivity contribution in [2.24, 2.45) is 20.5 Å². The predicted molar refractivity (Wildman–Crippen MR) is 172 cm³/mol. The van der Waals surface area contributed by atoms with E-state index in [-0.39, 0.29) is 28.7 Å². The van der Waals surface area contributed by atoms with Crippen LogP contribution < -0.4 is 0 Å². The SMILES string of the molecule is Cc1ccc(Cl)cc1N=Nc1cc(/C=C2/CCC/C(=C\c3ccc(O)c(N=Nc4cc(Cl)ccc4C)c3)C2=O)ccc1O. The van der Waals surface area contributed by atoms with Gasteiger partial charge in [0.2, 0.25) is 0 Å². The van der Waals surface area contributed by atoms with E-state index in [1.54, 1.807) is 48.5 Å². The number of halogens is 2. The molecular weight excluding hydrogens is 583 g/mol. The molecule has 0 atom stereocenters. The Hall–Kier alpha value is -4.59. The standard InChI is InChI=1S/C34H28Cl2N4O3/c1-20-6-10-26(35)18-28(20)37-39-30-16-22(8-12-32(30)41)14-24-4-3-5-25(34(24)43)15-23-9-13-33(42)31(17-23)40-38-29-19-27(36)11-7-21(29)2/h6-19,41-42H,3-5H2,1-2H3/b24-14-,25-15+,39-37?,40-38?. The topological polar surface area (TPSA) is 107 Å². The average molecular weight is 612 g/mol. The van der Waals surface area contributed by atoms with Crippen LogP contribution in [-0.4, -0.2) is 16.0 Å². The first-order valence-corrected chi connectivity index (χ1v) is 14.4. The molecule has 1 aliphatic rings. The molecular formula is C34H28Cl2N4O3. The summed E-state index contributed by atoms with van der Waals surface area (Å²) in [5, 5.41) is 38.8. The average Bonchev–Trinajstić information content (AvgIpc) is 2.98. The summed E-state index contributed by atoms with van der Waals surface area (Å²) in [6.07, 6.45) is 5.71. The van der Waals surface area contributed by atoms with Crippen LogP contribution in [0.25, 0.3) is 12.2 Å². The Kier molecular flexibility index (Phi) is 9.14. The lowest BCUT2D eigenvalue weighted by atomic mass is 9.86. The molecule has 1 fully saturated rings.